The molecule has 0 aliphatic heterocycles. The zero-order chi connectivity index (χ0) is 19.9. The number of aliphatic hydroxyl groups is 1. The van der Waals surface area contributed by atoms with Gasteiger partial charge in [0.15, 0.2) is 17.5 Å². The molecule has 1 atom stereocenters. The third kappa shape index (κ3) is 5.64. The van der Waals surface area contributed by atoms with Crippen LogP contribution in [0.4, 0.5) is 0 Å². The van der Waals surface area contributed by atoms with Gasteiger partial charge in [-0.25, -0.2) is 4.99 Å². The normalized spacial score (nSPS) is 13.8. The SMILES string of the molecule is CCNC(=NCc1cc(OC)c(OC)cc1Br)NCC(C)(O)c1ccco1. The Bertz CT molecular complexity index is 761. The molecule has 0 aliphatic carbocycles. The summed E-state index contributed by atoms with van der Waals surface area (Å²) in [5.41, 5.74) is -0.202. The Balaban J connectivity index is 2.11. The van der Waals surface area contributed by atoms with Gasteiger partial charge in [0.25, 0.3) is 0 Å². The van der Waals surface area contributed by atoms with Crippen LogP contribution in [0.2, 0.25) is 0 Å². The summed E-state index contributed by atoms with van der Waals surface area (Å²) in [6.07, 6.45) is 1.54. The van der Waals surface area contributed by atoms with Crippen molar-refractivity contribution in [3.05, 3.63) is 46.3 Å². The fourth-order valence-electron chi connectivity index (χ4n) is 2.45. The zero-order valence-electron chi connectivity index (χ0n) is 16.0. The maximum absolute atomic E-state index is 10.6. The minimum Gasteiger partial charge on any atom is -0.493 e. The standard InChI is InChI=1S/C19H26BrN3O4/c1-5-21-18(23-12-19(2,24)17-7-6-8-27-17)22-11-13-9-15(25-3)16(26-4)10-14(13)20/h6-10,24H,5,11-12H2,1-4H3,(H2,21,22,23). The van der Waals surface area contributed by atoms with Crippen molar-refractivity contribution in [2.24, 2.45) is 4.99 Å². The van der Waals surface area contributed by atoms with Crippen molar-refractivity contribution in [3.8, 4) is 11.5 Å². The quantitative estimate of drug-likeness (QED) is 0.432. The second-order valence-electron chi connectivity index (χ2n) is 6.10. The van der Waals surface area contributed by atoms with Gasteiger partial charge in [0.1, 0.15) is 11.4 Å². The first-order valence-corrected chi connectivity index (χ1v) is 9.39. The van der Waals surface area contributed by atoms with Crippen LogP contribution in [0.15, 0.2) is 44.4 Å². The van der Waals surface area contributed by atoms with E-state index in [1.165, 1.54) is 6.26 Å². The predicted octanol–water partition coefficient (Wildman–Crippen LogP) is 3.02. The van der Waals surface area contributed by atoms with E-state index in [-0.39, 0.29) is 6.54 Å². The smallest absolute Gasteiger partial charge is 0.191 e. The summed E-state index contributed by atoms with van der Waals surface area (Å²) < 4.78 is 16.8. The summed E-state index contributed by atoms with van der Waals surface area (Å²) in [4.78, 5) is 4.59. The Morgan fingerprint density at radius 2 is 1.96 bits per heavy atom. The van der Waals surface area contributed by atoms with Gasteiger partial charge in [-0.05, 0) is 43.7 Å². The van der Waals surface area contributed by atoms with Crippen LogP contribution < -0.4 is 20.1 Å². The van der Waals surface area contributed by atoms with E-state index in [0.29, 0.717) is 36.3 Å². The summed E-state index contributed by atoms with van der Waals surface area (Å²) in [5.74, 6) is 2.38. The molecular formula is C19H26BrN3O4. The minimum absolute atomic E-state index is 0.249. The molecule has 0 spiro atoms. The van der Waals surface area contributed by atoms with E-state index in [4.69, 9.17) is 13.9 Å². The Morgan fingerprint density at radius 3 is 2.56 bits per heavy atom. The zero-order valence-corrected chi connectivity index (χ0v) is 17.6. The van der Waals surface area contributed by atoms with Crippen LogP contribution in [0.25, 0.3) is 0 Å². The third-order valence-corrected chi connectivity index (χ3v) is 4.69. The van der Waals surface area contributed by atoms with Gasteiger partial charge in [-0.15, -0.1) is 0 Å². The lowest BCUT2D eigenvalue weighted by atomic mass is 10.0. The van der Waals surface area contributed by atoms with Gasteiger partial charge in [-0.1, -0.05) is 15.9 Å². The van der Waals surface area contributed by atoms with Crippen molar-refractivity contribution in [1.29, 1.82) is 0 Å². The molecule has 0 bridgehead atoms. The van der Waals surface area contributed by atoms with E-state index in [0.717, 1.165) is 10.0 Å². The molecule has 1 heterocycles. The molecule has 1 aromatic heterocycles. The highest BCUT2D eigenvalue weighted by atomic mass is 79.9. The number of halogens is 1. The summed E-state index contributed by atoms with van der Waals surface area (Å²) in [5, 5.41) is 16.9. The number of nitrogens with zero attached hydrogens (tertiary/aromatic N) is 1. The molecule has 2 aromatic rings. The second-order valence-corrected chi connectivity index (χ2v) is 6.95. The van der Waals surface area contributed by atoms with Crippen LogP contribution in [0.3, 0.4) is 0 Å². The molecule has 0 fully saturated rings. The first kappa shape index (κ1) is 21.1. The van der Waals surface area contributed by atoms with Gasteiger partial charge in [0.05, 0.1) is 33.6 Å². The molecule has 0 saturated carbocycles. The average molecular weight is 440 g/mol. The number of benzene rings is 1. The van der Waals surface area contributed by atoms with Crippen LogP contribution in [-0.2, 0) is 12.1 Å². The van der Waals surface area contributed by atoms with Gasteiger partial charge >= 0.3 is 0 Å². The summed E-state index contributed by atoms with van der Waals surface area (Å²) in [6.45, 7) is 5.03. The highest BCUT2D eigenvalue weighted by Crippen LogP contribution is 2.33. The van der Waals surface area contributed by atoms with Gasteiger partial charge in [-0.3, -0.25) is 0 Å². The molecule has 2 rings (SSSR count). The number of ether oxygens (including phenoxy) is 2. The maximum Gasteiger partial charge on any atom is 0.191 e. The van der Waals surface area contributed by atoms with E-state index >= 15 is 0 Å². The molecule has 7 nitrogen and oxygen atoms in total. The van der Waals surface area contributed by atoms with Gasteiger partial charge < -0.3 is 29.6 Å². The van der Waals surface area contributed by atoms with Gasteiger partial charge in [0.2, 0.25) is 0 Å². The fourth-order valence-corrected chi connectivity index (χ4v) is 2.90. The van der Waals surface area contributed by atoms with Crippen LogP contribution >= 0.6 is 15.9 Å². The van der Waals surface area contributed by atoms with Crippen LogP contribution in [0.1, 0.15) is 25.2 Å². The number of nitrogens with one attached hydrogen (secondary N) is 2. The summed E-state index contributed by atoms with van der Waals surface area (Å²) in [6, 6.07) is 7.23. The lowest BCUT2D eigenvalue weighted by molar-refractivity contribution is 0.0386. The fraction of sp³-hybridized carbons (Fsp3) is 0.421. The molecule has 8 heteroatoms. The number of aliphatic imine (C=N–C) groups is 1. The molecule has 0 radical (unpaired) electrons. The first-order chi connectivity index (χ1) is 12.9. The highest BCUT2D eigenvalue weighted by Gasteiger charge is 2.26. The van der Waals surface area contributed by atoms with E-state index < -0.39 is 5.60 Å². The van der Waals surface area contributed by atoms with E-state index in [1.807, 2.05) is 19.1 Å². The Labute approximate surface area is 167 Å². The molecule has 3 N–H and O–H groups in total. The van der Waals surface area contributed by atoms with Gasteiger partial charge in [-0.2, -0.15) is 0 Å². The number of hydrogen-bond acceptors (Lipinski definition) is 5. The number of methoxy groups -OCH3 is 2. The molecule has 27 heavy (non-hydrogen) atoms. The third-order valence-electron chi connectivity index (χ3n) is 3.96. The van der Waals surface area contributed by atoms with Crippen molar-refractivity contribution >= 4 is 21.9 Å². The number of rotatable bonds is 8. The number of guanidine groups is 1. The Morgan fingerprint density at radius 1 is 1.26 bits per heavy atom. The molecule has 0 aliphatic rings. The van der Waals surface area contributed by atoms with Crippen molar-refractivity contribution in [2.45, 2.75) is 26.0 Å². The number of hydrogen-bond donors (Lipinski definition) is 3. The van der Waals surface area contributed by atoms with E-state index in [9.17, 15) is 5.11 Å². The second kappa shape index (κ2) is 9.66. The summed E-state index contributed by atoms with van der Waals surface area (Å²) in [7, 11) is 3.20. The van der Waals surface area contributed by atoms with E-state index in [1.54, 1.807) is 33.3 Å². The van der Waals surface area contributed by atoms with Crippen molar-refractivity contribution in [3.63, 3.8) is 0 Å². The van der Waals surface area contributed by atoms with Gasteiger partial charge in [0, 0.05) is 11.0 Å². The lowest BCUT2D eigenvalue weighted by Gasteiger charge is -2.22. The van der Waals surface area contributed by atoms with E-state index in [2.05, 4.69) is 31.6 Å². The lowest BCUT2D eigenvalue weighted by Crippen LogP contribution is -2.44. The van der Waals surface area contributed by atoms with Crippen molar-refractivity contribution in [2.75, 3.05) is 27.3 Å². The molecule has 0 amide bonds. The Kier molecular flexibility index (Phi) is 7.55. The topological polar surface area (TPSA) is 88.3 Å². The molecular weight excluding hydrogens is 414 g/mol. The largest absolute Gasteiger partial charge is 0.493 e. The Hall–Kier alpha value is -2.19. The molecule has 1 aromatic carbocycles. The molecule has 0 saturated heterocycles. The maximum atomic E-state index is 10.6. The minimum atomic E-state index is -1.15. The molecule has 148 valence electrons. The monoisotopic (exact) mass is 439 g/mol. The van der Waals surface area contributed by atoms with Crippen LogP contribution in [0.5, 0.6) is 11.5 Å². The predicted molar refractivity (Wildman–Crippen MR) is 108 cm³/mol. The average Bonchev–Trinajstić information content (AvgIpc) is 3.20. The molecule has 1 unspecified atom stereocenters. The highest BCUT2D eigenvalue weighted by molar-refractivity contribution is 9.10. The summed E-state index contributed by atoms with van der Waals surface area (Å²) >= 11 is 3.54. The number of furan rings is 1. The van der Waals surface area contributed by atoms with Crippen LogP contribution in [-0.4, -0.2) is 38.4 Å². The van der Waals surface area contributed by atoms with Crippen molar-refractivity contribution < 1.29 is 19.0 Å². The van der Waals surface area contributed by atoms with Crippen LogP contribution in [0, 0.1) is 0 Å². The van der Waals surface area contributed by atoms with Crippen molar-refractivity contribution in [1.82, 2.24) is 10.6 Å². The first-order valence-electron chi connectivity index (χ1n) is 8.60.